The monoisotopic (exact) mass is 396 g/mol. The molecule has 0 spiro atoms. The maximum atomic E-state index is 14.7. The zero-order chi connectivity index (χ0) is 20.1. The van der Waals surface area contributed by atoms with Gasteiger partial charge >= 0.3 is 0 Å². The fraction of sp³-hybridized carbons (Fsp3) is 0.429. The summed E-state index contributed by atoms with van der Waals surface area (Å²) in [5.74, 6) is -0.0257. The molecule has 6 rings (SSSR count). The Labute approximate surface area is 167 Å². The van der Waals surface area contributed by atoms with Gasteiger partial charge in [0, 0.05) is 41.6 Å². The van der Waals surface area contributed by atoms with Crippen molar-refractivity contribution >= 4 is 12.1 Å². The number of aliphatic hydroxyl groups is 1. The molecule has 2 heterocycles. The number of aromatic nitrogens is 2. The largest absolute Gasteiger partial charge is 0.476 e. The summed E-state index contributed by atoms with van der Waals surface area (Å²) in [7, 11) is 0. The van der Waals surface area contributed by atoms with Crippen LogP contribution in [0.4, 0.5) is 4.39 Å². The molecule has 150 valence electrons. The summed E-state index contributed by atoms with van der Waals surface area (Å²) in [4.78, 5) is 21.3. The summed E-state index contributed by atoms with van der Waals surface area (Å²) < 4.78 is 20.4. The van der Waals surface area contributed by atoms with E-state index in [2.05, 4.69) is 15.1 Å². The van der Waals surface area contributed by atoms with Crippen molar-refractivity contribution in [1.29, 1.82) is 0 Å². The first-order valence-corrected chi connectivity index (χ1v) is 9.69. The first-order chi connectivity index (χ1) is 14.1. The summed E-state index contributed by atoms with van der Waals surface area (Å²) in [6.45, 7) is 0.139. The van der Waals surface area contributed by atoms with Crippen molar-refractivity contribution in [3.05, 3.63) is 53.7 Å². The summed E-state index contributed by atoms with van der Waals surface area (Å²) in [5, 5.41) is 15.0. The van der Waals surface area contributed by atoms with E-state index in [1.165, 1.54) is 5.01 Å². The van der Waals surface area contributed by atoms with Crippen molar-refractivity contribution in [2.24, 2.45) is 15.9 Å². The van der Waals surface area contributed by atoms with Crippen molar-refractivity contribution in [3.63, 3.8) is 0 Å². The van der Waals surface area contributed by atoms with E-state index in [1.807, 2.05) is 0 Å². The average molecular weight is 396 g/mol. The fourth-order valence-electron chi connectivity index (χ4n) is 5.06. The second kappa shape index (κ2) is 6.59. The summed E-state index contributed by atoms with van der Waals surface area (Å²) in [6, 6.07) is 4.44. The number of hydrogen-bond acceptors (Lipinski definition) is 6. The van der Waals surface area contributed by atoms with E-state index in [-0.39, 0.29) is 23.5 Å². The van der Waals surface area contributed by atoms with Crippen LogP contribution in [0.25, 0.3) is 0 Å². The van der Waals surface area contributed by atoms with Crippen molar-refractivity contribution in [2.45, 2.75) is 38.3 Å². The minimum atomic E-state index is -0.463. The van der Waals surface area contributed by atoms with Crippen LogP contribution in [0.3, 0.4) is 0 Å². The normalized spacial score (nSPS) is 29.3. The lowest BCUT2D eigenvalue weighted by molar-refractivity contribution is -0.227. The van der Waals surface area contributed by atoms with E-state index in [0.717, 1.165) is 19.3 Å². The topological polar surface area (TPSA) is 87.9 Å². The number of aliphatic hydroxyl groups excluding tert-OH is 1. The molecule has 1 amide bonds. The zero-order valence-corrected chi connectivity index (χ0v) is 15.8. The quantitative estimate of drug-likeness (QED) is 0.811. The molecule has 7 nitrogen and oxygen atoms in total. The molecule has 0 saturated heterocycles. The number of nitrogens with zero attached hydrogens (tertiary/aromatic N) is 4. The molecule has 4 aliphatic rings. The Balaban J connectivity index is 1.26. The molecule has 1 unspecified atom stereocenters. The Morgan fingerprint density at radius 3 is 2.86 bits per heavy atom. The minimum Gasteiger partial charge on any atom is -0.476 e. The minimum absolute atomic E-state index is 0.00811. The number of hydrogen-bond donors (Lipinski definition) is 1. The molecular weight excluding hydrogens is 375 g/mol. The SMILES string of the molecule is O=C(N1N=CCC1c1cccc(CO)c1F)C12CC(COc3cnccn3)(C1)C2. The lowest BCUT2D eigenvalue weighted by Crippen LogP contribution is -2.69. The van der Waals surface area contributed by atoms with Crippen LogP contribution in [0.5, 0.6) is 5.88 Å². The molecule has 1 aliphatic heterocycles. The number of carbonyl (C=O) groups excluding carboxylic acids is 1. The highest BCUT2D eigenvalue weighted by molar-refractivity contribution is 5.88. The first-order valence-electron chi connectivity index (χ1n) is 9.69. The van der Waals surface area contributed by atoms with E-state index < -0.39 is 17.3 Å². The van der Waals surface area contributed by atoms with Gasteiger partial charge in [0.05, 0.1) is 30.9 Å². The molecule has 2 bridgehead atoms. The van der Waals surface area contributed by atoms with Crippen LogP contribution < -0.4 is 4.74 Å². The first kappa shape index (κ1) is 18.2. The highest BCUT2D eigenvalue weighted by Crippen LogP contribution is 2.74. The molecule has 3 aliphatic carbocycles. The van der Waals surface area contributed by atoms with Crippen molar-refractivity contribution < 1.29 is 19.0 Å². The molecule has 2 aromatic rings. The lowest BCUT2D eigenvalue weighted by Gasteiger charge is -2.69. The van der Waals surface area contributed by atoms with E-state index in [4.69, 9.17) is 4.74 Å². The Kier molecular flexibility index (Phi) is 4.13. The second-order valence-electron chi connectivity index (χ2n) is 8.32. The third-order valence-electron chi connectivity index (χ3n) is 6.34. The Hall–Kier alpha value is -2.87. The molecule has 8 heteroatoms. The maximum absolute atomic E-state index is 14.7. The van der Waals surface area contributed by atoms with Gasteiger partial charge in [0.1, 0.15) is 5.82 Å². The molecule has 1 atom stereocenters. The number of amides is 1. The van der Waals surface area contributed by atoms with Gasteiger partial charge in [0.2, 0.25) is 11.8 Å². The Bertz CT molecular complexity index is 961. The zero-order valence-electron chi connectivity index (χ0n) is 15.8. The van der Waals surface area contributed by atoms with Gasteiger partial charge in [0.25, 0.3) is 0 Å². The maximum Gasteiger partial charge on any atom is 0.249 e. The molecule has 29 heavy (non-hydrogen) atoms. The lowest BCUT2D eigenvalue weighted by atomic mass is 9.35. The summed E-state index contributed by atoms with van der Waals surface area (Å²) >= 11 is 0. The Morgan fingerprint density at radius 2 is 2.14 bits per heavy atom. The van der Waals surface area contributed by atoms with E-state index in [1.54, 1.807) is 43.0 Å². The number of benzene rings is 1. The van der Waals surface area contributed by atoms with Gasteiger partial charge in [-0.1, -0.05) is 18.2 Å². The van der Waals surface area contributed by atoms with Gasteiger partial charge in [-0.05, 0) is 19.3 Å². The number of rotatable bonds is 6. The number of halogens is 1. The molecule has 1 aromatic heterocycles. The van der Waals surface area contributed by atoms with Gasteiger partial charge in [-0.25, -0.2) is 14.4 Å². The summed E-state index contributed by atoms with van der Waals surface area (Å²) in [5.41, 5.74) is 0.215. The van der Waals surface area contributed by atoms with Crippen LogP contribution in [0.2, 0.25) is 0 Å². The number of ether oxygens (including phenoxy) is 1. The molecule has 3 fully saturated rings. The highest BCUT2D eigenvalue weighted by atomic mass is 19.1. The van der Waals surface area contributed by atoms with Crippen LogP contribution >= 0.6 is 0 Å². The molecular formula is C21H21FN4O3. The smallest absolute Gasteiger partial charge is 0.249 e. The Morgan fingerprint density at radius 1 is 1.31 bits per heavy atom. The van der Waals surface area contributed by atoms with Gasteiger partial charge in [0.15, 0.2) is 0 Å². The predicted octanol–water partition coefficient (Wildman–Crippen LogP) is 2.62. The molecule has 0 radical (unpaired) electrons. The van der Waals surface area contributed by atoms with Crippen LogP contribution in [0, 0.1) is 16.6 Å². The van der Waals surface area contributed by atoms with E-state index in [0.29, 0.717) is 24.5 Å². The van der Waals surface area contributed by atoms with Crippen LogP contribution in [0.15, 0.2) is 41.9 Å². The molecule has 1 aromatic carbocycles. The average Bonchev–Trinajstić information content (AvgIpc) is 3.16. The number of carbonyl (C=O) groups is 1. The third-order valence-corrected chi connectivity index (χ3v) is 6.34. The predicted molar refractivity (Wildman–Crippen MR) is 101 cm³/mol. The second-order valence-corrected chi connectivity index (χ2v) is 8.32. The van der Waals surface area contributed by atoms with E-state index >= 15 is 0 Å². The number of hydrazone groups is 1. The van der Waals surface area contributed by atoms with Crippen molar-refractivity contribution in [1.82, 2.24) is 15.0 Å². The fourth-order valence-corrected chi connectivity index (χ4v) is 5.06. The molecule has 3 saturated carbocycles. The van der Waals surface area contributed by atoms with Crippen molar-refractivity contribution in [3.8, 4) is 5.88 Å². The van der Waals surface area contributed by atoms with Gasteiger partial charge in [-0.15, -0.1) is 0 Å². The van der Waals surface area contributed by atoms with Crippen LogP contribution in [-0.2, 0) is 11.4 Å². The van der Waals surface area contributed by atoms with Gasteiger partial charge in [-0.3, -0.25) is 9.78 Å². The molecule has 1 N–H and O–H groups in total. The van der Waals surface area contributed by atoms with Crippen LogP contribution in [0.1, 0.15) is 42.9 Å². The summed E-state index contributed by atoms with van der Waals surface area (Å²) in [6.07, 6.45) is 9.11. The van der Waals surface area contributed by atoms with Gasteiger partial charge < -0.3 is 9.84 Å². The third kappa shape index (κ3) is 2.81. The standard InChI is InChI=1S/C21H21FN4O3/c22-18-14(9-27)2-1-3-15(18)16-4-5-25-26(16)19(28)21-10-20(11-21,12-21)13-29-17-8-23-6-7-24-17/h1-3,5-8,16,27H,4,9-13H2. The van der Waals surface area contributed by atoms with Crippen LogP contribution in [-0.4, -0.2) is 38.8 Å². The highest BCUT2D eigenvalue weighted by Gasteiger charge is 2.73. The van der Waals surface area contributed by atoms with E-state index in [9.17, 15) is 14.3 Å². The van der Waals surface area contributed by atoms with Gasteiger partial charge in [-0.2, -0.15) is 5.10 Å². The van der Waals surface area contributed by atoms with Crippen molar-refractivity contribution in [2.75, 3.05) is 6.61 Å².